The summed E-state index contributed by atoms with van der Waals surface area (Å²) >= 11 is 0. The Morgan fingerprint density at radius 2 is 1.90 bits per heavy atom. The smallest absolute Gasteiger partial charge is 0.404 e. The molecule has 1 aromatic carbocycles. The maximum atomic E-state index is 13.4. The molecule has 0 unspecified atom stereocenters. The molecular formula is C20H22N4O5. The van der Waals surface area contributed by atoms with Crippen LogP contribution in [-0.2, 0) is 18.3 Å². The largest absolute Gasteiger partial charge is 0.448 e. The van der Waals surface area contributed by atoms with Crippen LogP contribution in [0.3, 0.4) is 0 Å². The summed E-state index contributed by atoms with van der Waals surface area (Å²) < 4.78 is 6.72. The van der Waals surface area contributed by atoms with E-state index in [1.807, 2.05) is 6.07 Å². The van der Waals surface area contributed by atoms with E-state index in [0.29, 0.717) is 5.56 Å². The molecule has 2 aromatic rings. The van der Waals surface area contributed by atoms with Crippen LogP contribution in [0.2, 0.25) is 0 Å². The summed E-state index contributed by atoms with van der Waals surface area (Å²) in [4.78, 5) is 49.7. The lowest BCUT2D eigenvalue weighted by Gasteiger charge is -2.19. The van der Waals surface area contributed by atoms with E-state index in [0.717, 1.165) is 9.13 Å². The van der Waals surface area contributed by atoms with Crippen LogP contribution in [0, 0.1) is 18.3 Å². The van der Waals surface area contributed by atoms with Gasteiger partial charge in [0.1, 0.15) is 12.3 Å². The number of primary amides is 1. The van der Waals surface area contributed by atoms with E-state index < -0.39 is 23.1 Å². The SMILES string of the molecule is Cc1cc(C#N)cc(C(=O)c2c(C(C)C)c(=O)n(C)c(=O)n2CCOC(N)=O)c1. The number of nitrogens with zero attached hydrogens (tertiary/aromatic N) is 3. The second kappa shape index (κ2) is 8.56. The van der Waals surface area contributed by atoms with Gasteiger partial charge in [0.15, 0.2) is 0 Å². The van der Waals surface area contributed by atoms with Crippen LogP contribution in [0.25, 0.3) is 0 Å². The van der Waals surface area contributed by atoms with E-state index in [-0.39, 0.29) is 41.5 Å². The Hall–Kier alpha value is -3.67. The maximum absolute atomic E-state index is 13.4. The number of nitrogens with two attached hydrogens (primary N) is 1. The lowest BCUT2D eigenvalue weighted by molar-refractivity contribution is 0.102. The highest BCUT2D eigenvalue weighted by atomic mass is 16.5. The number of carbonyl (C=O) groups excluding carboxylic acids is 2. The quantitative estimate of drug-likeness (QED) is 0.725. The molecule has 0 saturated carbocycles. The zero-order valence-corrected chi connectivity index (χ0v) is 16.7. The fraction of sp³-hybridized carbons (Fsp3) is 0.350. The third-order valence-electron chi connectivity index (χ3n) is 4.40. The lowest BCUT2D eigenvalue weighted by atomic mass is 9.95. The predicted octanol–water partition coefficient (Wildman–Crippen LogP) is 1.18. The molecule has 0 atom stereocenters. The van der Waals surface area contributed by atoms with Crippen molar-refractivity contribution in [2.75, 3.05) is 6.61 Å². The Balaban J connectivity index is 2.79. The van der Waals surface area contributed by atoms with Gasteiger partial charge in [-0.1, -0.05) is 13.8 Å². The van der Waals surface area contributed by atoms with E-state index in [4.69, 9.17) is 10.5 Å². The van der Waals surface area contributed by atoms with Gasteiger partial charge in [-0.15, -0.1) is 0 Å². The van der Waals surface area contributed by atoms with Crippen LogP contribution in [0.4, 0.5) is 4.79 Å². The number of hydrogen-bond acceptors (Lipinski definition) is 6. The average molecular weight is 398 g/mol. The monoisotopic (exact) mass is 398 g/mol. The minimum Gasteiger partial charge on any atom is -0.448 e. The van der Waals surface area contributed by atoms with Crippen molar-refractivity contribution in [3.8, 4) is 6.07 Å². The van der Waals surface area contributed by atoms with Gasteiger partial charge < -0.3 is 10.5 Å². The van der Waals surface area contributed by atoms with Crippen molar-refractivity contribution in [3.05, 3.63) is 67.0 Å². The normalized spacial score (nSPS) is 10.6. The molecule has 1 heterocycles. The third kappa shape index (κ3) is 4.43. The average Bonchev–Trinajstić information content (AvgIpc) is 2.65. The molecule has 0 spiro atoms. The fourth-order valence-electron chi connectivity index (χ4n) is 3.12. The number of nitriles is 1. The van der Waals surface area contributed by atoms with Gasteiger partial charge in [-0.2, -0.15) is 5.26 Å². The Kier molecular flexibility index (Phi) is 6.38. The molecule has 0 aliphatic carbocycles. The summed E-state index contributed by atoms with van der Waals surface area (Å²) in [6.45, 7) is 4.80. The minimum atomic E-state index is -1.02. The molecular weight excluding hydrogens is 376 g/mol. The highest BCUT2D eigenvalue weighted by Gasteiger charge is 2.26. The number of hydrogen-bond donors (Lipinski definition) is 1. The molecule has 0 fully saturated rings. The number of ketones is 1. The van der Waals surface area contributed by atoms with E-state index >= 15 is 0 Å². The zero-order chi connectivity index (χ0) is 21.9. The van der Waals surface area contributed by atoms with E-state index in [1.165, 1.54) is 13.1 Å². The Morgan fingerprint density at radius 3 is 2.45 bits per heavy atom. The molecule has 152 valence electrons. The Morgan fingerprint density at radius 1 is 1.24 bits per heavy atom. The topological polar surface area (TPSA) is 137 Å². The maximum Gasteiger partial charge on any atom is 0.404 e. The van der Waals surface area contributed by atoms with Crippen LogP contribution < -0.4 is 17.0 Å². The summed E-state index contributed by atoms with van der Waals surface area (Å²) in [7, 11) is 1.32. The highest BCUT2D eigenvalue weighted by Crippen LogP contribution is 2.20. The van der Waals surface area contributed by atoms with Crippen molar-refractivity contribution < 1.29 is 14.3 Å². The summed E-state index contributed by atoms with van der Waals surface area (Å²) in [5, 5.41) is 9.20. The van der Waals surface area contributed by atoms with Crippen molar-refractivity contribution in [3.63, 3.8) is 0 Å². The molecule has 2 N–H and O–H groups in total. The van der Waals surface area contributed by atoms with Crippen LogP contribution >= 0.6 is 0 Å². The van der Waals surface area contributed by atoms with Gasteiger partial charge in [0.2, 0.25) is 5.78 Å². The van der Waals surface area contributed by atoms with Crippen LogP contribution in [0.15, 0.2) is 27.8 Å². The molecule has 0 radical (unpaired) electrons. The first kappa shape index (κ1) is 21.6. The molecule has 0 aliphatic rings. The van der Waals surface area contributed by atoms with Crippen molar-refractivity contribution in [1.82, 2.24) is 9.13 Å². The first-order chi connectivity index (χ1) is 13.6. The van der Waals surface area contributed by atoms with Gasteiger partial charge in [-0.3, -0.25) is 18.7 Å². The van der Waals surface area contributed by atoms with Gasteiger partial charge >= 0.3 is 11.8 Å². The molecule has 9 nitrogen and oxygen atoms in total. The standard InChI is InChI=1S/C20H22N4O5/c1-11(2)15-16(17(25)14-8-12(3)7-13(9-14)10-21)24(5-6-29-19(22)27)20(28)23(4)18(15)26/h7-9,11H,5-6H2,1-4H3,(H2,22,27). The Bertz CT molecular complexity index is 1140. The number of aryl methyl sites for hydroxylation is 1. The van der Waals surface area contributed by atoms with Crippen molar-refractivity contribution in [2.45, 2.75) is 33.2 Å². The third-order valence-corrected chi connectivity index (χ3v) is 4.40. The number of benzene rings is 1. The summed E-state index contributed by atoms with van der Waals surface area (Å²) in [6, 6.07) is 6.60. The first-order valence-corrected chi connectivity index (χ1v) is 8.90. The van der Waals surface area contributed by atoms with Crippen molar-refractivity contribution >= 4 is 11.9 Å². The van der Waals surface area contributed by atoms with Crippen LogP contribution in [-0.4, -0.2) is 27.6 Å². The van der Waals surface area contributed by atoms with E-state index in [1.54, 1.807) is 32.9 Å². The number of carbonyl (C=O) groups is 2. The fourth-order valence-corrected chi connectivity index (χ4v) is 3.12. The second-order valence-corrected chi connectivity index (χ2v) is 6.91. The molecule has 0 aliphatic heterocycles. The number of aromatic nitrogens is 2. The molecule has 0 bridgehead atoms. The molecule has 2 rings (SSSR count). The predicted molar refractivity (Wildman–Crippen MR) is 105 cm³/mol. The van der Waals surface area contributed by atoms with Gasteiger partial charge in [-0.25, -0.2) is 9.59 Å². The van der Waals surface area contributed by atoms with E-state index in [9.17, 15) is 24.4 Å². The minimum absolute atomic E-state index is 0.0874. The summed E-state index contributed by atoms with van der Waals surface area (Å²) in [6.07, 6.45) is -1.02. The molecule has 0 saturated heterocycles. The molecule has 29 heavy (non-hydrogen) atoms. The van der Waals surface area contributed by atoms with Crippen molar-refractivity contribution in [2.24, 2.45) is 12.8 Å². The number of rotatable bonds is 6. The van der Waals surface area contributed by atoms with Gasteiger partial charge in [0, 0.05) is 18.2 Å². The molecule has 1 aromatic heterocycles. The lowest BCUT2D eigenvalue weighted by Crippen LogP contribution is -2.44. The van der Waals surface area contributed by atoms with E-state index in [2.05, 4.69) is 0 Å². The summed E-state index contributed by atoms with van der Waals surface area (Å²) in [5.74, 6) is -0.931. The molecule has 1 amide bonds. The zero-order valence-electron chi connectivity index (χ0n) is 16.7. The van der Waals surface area contributed by atoms with Crippen LogP contribution in [0.1, 0.15) is 52.5 Å². The number of amides is 1. The second-order valence-electron chi connectivity index (χ2n) is 6.91. The van der Waals surface area contributed by atoms with Gasteiger partial charge in [-0.05, 0) is 36.6 Å². The van der Waals surface area contributed by atoms with Crippen molar-refractivity contribution in [1.29, 1.82) is 5.26 Å². The molecule has 9 heteroatoms. The highest BCUT2D eigenvalue weighted by molar-refractivity contribution is 6.09. The van der Waals surface area contributed by atoms with Crippen LogP contribution in [0.5, 0.6) is 0 Å². The number of ether oxygens (including phenoxy) is 1. The first-order valence-electron chi connectivity index (χ1n) is 8.90. The summed E-state index contributed by atoms with van der Waals surface area (Å²) in [5.41, 5.74) is 4.90. The Labute approximate surface area is 166 Å². The van der Waals surface area contributed by atoms with Gasteiger partial charge in [0.25, 0.3) is 5.56 Å². The van der Waals surface area contributed by atoms with Gasteiger partial charge in [0.05, 0.1) is 18.2 Å².